The van der Waals surface area contributed by atoms with Gasteiger partial charge in [-0.05, 0) is 28.8 Å². The quantitative estimate of drug-likeness (QED) is 0.238. The highest BCUT2D eigenvalue weighted by atomic mass is 32.2. The summed E-state index contributed by atoms with van der Waals surface area (Å²) >= 11 is 1.22. The summed E-state index contributed by atoms with van der Waals surface area (Å²) in [7, 11) is 2.89. The zero-order valence-electron chi connectivity index (χ0n) is 21.9. The summed E-state index contributed by atoms with van der Waals surface area (Å²) < 4.78 is 22.0. The minimum atomic E-state index is -1.61. The van der Waals surface area contributed by atoms with Gasteiger partial charge in [0, 0.05) is 12.9 Å². The highest BCUT2D eigenvalue weighted by Crippen LogP contribution is 2.46. The highest BCUT2D eigenvalue weighted by Gasteiger charge is 2.64. The Bertz CT molecular complexity index is 1390. The van der Waals surface area contributed by atoms with Crippen molar-refractivity contribution in [3.63, 3.8) is 0 Å². The predicted octanol–water partition coefficient (Wildman–Crippen LogP) is 3.54. The molecule has 2 aliphatic heterocycles. The summed E-state index contributed by atoms with van der Waals surface area (Å²) in [5.74, 6) is -1.49. The number of hydrogen-bond acceptors (Lipinski definition) is 9. The second-order valence-electron chi connectivity index (χ2n) is 9.19. The molecule has 0 aromatic heterocycles. The van der Waals surface area contributed by atoms with Crippen LogP contribution < -0.4 is 10.5 Å². The van der Waals surface area contributed by atoms with E-state index in [2.05, 4.69) is 0 Å². The summed E-state index contributed by atoms with van der Waals surface area (Å²) in [6.45, 7) is -0.0802. The van der Waals surface area contributed by atoms with E-state index < -0.39 is 35.0 Å². The number of thioether (sulfide) groups is 1. The normalized spacial score (nSPS) is 20.1. The van der Waals surface area contributed by atoms with E-state index in [9.17, 15) is 14.4 Å². The third kappa shape index (κ3) is 5.08. The summed E-state index contributed by atoms with van der Waals surface area (Å²) in [6.07, 6.45) is -0.735. The van der Waals surface area contributed by atoms with Gasteiger partial charge in [-0.2, -0.15) is 0 Å². The average Bonchev–Trinajstić information content (AvgIpc) is 3.02. The Balaban J connectivity index is 1.46. The van der Waals surface area contributed by atoms with Crippen molar-refractivity contribution in [1.29, 1.82) is 0 Å². The van der Waals surface area contributed by atoms with Crippen molar-refractivity contribution in [3.05, 3.63) is 113 Å². The highest BCUT2D eigenvalue weighted by molar-refractivity contribution is 8.00. The number of carbonyl (C=O) groups excluding carboxylic acids is 3. The van der Waals surface area contributed by atoms with Gasteiger partial charge in [-0.3, -0.25) is 15.4 Å². The van der Waals surface area contributed by atoms with Crippen molar-refractivity contribution in [3.8, 4) is 5.75 Å². The number of nitrogens with zero attached hydrogens (tertiary/aromatic N) is 1. The molecule has 0 radical (unpaired) electrons. The van der Waals surface area contributed by atoms with Crippen LogP contribution in [-0.4, -0.2) is 53.8 Å². The maximum absolute atomic E-state index is 13.7. The first kappa shape index (κ1) is 27.4. The lowest BCUT2D eigenvalue weighted by atomic mass is 9.99. The van der Waals surface area contributed by atoms with E-state index in [1.807, 2.05) is 60.7 Å². The lowest BCUT2D eigenvalue weighted by molar-refractivity contribution is -0.183. The molecule has 5 rings (SSSR count). The Morgan fingerprint density at radius 3 is 2.10 bits per heavy atom. The number of amides is 1. The molecule has 2 aliphatic rings. The summed E-state index contributed by atoms with van der Waals surface area (Å²) in [6, 6.07) is 25.6. The second-order valence-corrected chi connectivity index (χ2v) is 10.3. The van der Waals surface area contributed by atoms with Gasteiger partial charge < -0.3 is 18.9 Å². The maximum atomic E-state index is 13.7. The van der Waals surface area contributed by atoms with Crippen LogP contribution >= 0.6 is 11.8 Å². The number of methoxy groups -OCH3 is 2. The van der Waals surface area contributed by atoms with Crippen molar-refractivity contribution < 1.29 is 33.3 Å². The van der Waals surface area contributed by atoms with E-state index in [1.54, 1.807) is 31.4 Å². The molecule has 1 unspecified atom stereocenters. The van der Waals surface area contributed by atoms with Crippen molar-refractivity contribution in [1.82, 2.24) is 4.90 Å². The minimum Gasteiger partial charge on any atom is -0.497 e. The molecule has 0 aliphatic carbocycles. The molecule has 0 saturated carbocycles. The lowest BCUT2D eigenvalue weighted by Gasteiger charge is -2.54. The summed E-state index contributed by atoms with van der Waals surface area (Å²) in [5, 5.41) is -0.705. The lowest BCUT2D eigenvalue weighted by Crippen LogP contribution is -2.78. The van der Waals surface area contributed by atoms with Crippen molar-refractivity contribution >= 4 is 29.6 Å². The van der Waals surface area contributed by atoms with Crippen LogP contribution in [0, 0.1) is 0 Å². The Morgan fingerprint density at radius 1 is 0.950 bits per heavy atom. The number of esters is 2. The van der Waals surface area contributed by atoms with Gasteiger partial charge in [0.1, 0.15) is 23.4 Å². The molecule has 206 valence electrons. The molecule has 2 atom stereocenters. The first-order chi connectivity index (χ1) is 19.4. The molecule has 1 fully saturated rings. The van der Waals surface area contributed by atoms with Gasteiger partial charge in [0.25, 0.3) is 5.91 Å². The van der Waals surface area contributed by atoms with Gasteiger partial charge in [-0.1, -0.05) is 72.8 Å². The Labute approximate surface area is 235 Å². The number of hydrogen-bond donors (Lipinski definition) is 1. The minimum absolute atomic E-state index is 0.0179. The third-order valence-corrected chi connectivity index (χ3v) is 8.13. The SMILES string of the molecule is COc1ccc(COC(=O)C2=C(C(=O)OC(c3ccccc3)c3ccccc3)CS[C@@H]3N2C(=O)C3(N)OC)cc1. The molecule has 40 heavy (non-hydrogen) atoms. The zero-order valence-corrected chi connectivity index (χ0v) is 22.8. The van der Waals surface area contributed by atoms with Gasteiger partial charge in [-0.15, -0.1) is 11.8 Å². The number of carbonyl (C=O) groups is 3. The first-order valence-electron chi connectivity index (χ1n) is 12.5. The smallest absolute Gasteiger partial charge is 0.356 e. The molecule has 10 heteroatoms. The Hall–Kier alpha value is -4.12. The van der Waals surface area contributed by atoms with E-state index in [0.29, 0.717) is 11.3 Å². The molecule has 3 aromatic rings. The first-order valence-corrected chi connectivity index (χ1v) is 13.6. The third-order valence-electron chi connectivity index (χ3n) is 6.80. The van der Waals surface area contributed by atoms with Gasteiger partial charge in [-0.25, -0.2) is 9.59 Å². The number of rotatable bonds is 9. The largest absolute Gasteiger partial charge is 0.497 e. The number of nitrogens with two attached hydrogens (primary N) is 1. The molecule has 9 nitrogen and oxygen atoms in total. The molecular weight excluding hydrogens is 532 g/mol. The standard InChI is InChI=1S/C30H28N2O7S/c1-36-22-15-13-19(14-16-22)17-38-27(34)24-23(18-40-29-30(31,37-2)28(35)32(24)29)26(33)39-25(20-9-5-3-6-10-20)21-11-7-4-8-12-21/h3-16,25,29H,17-18,31H2,1-2H3/t29-,30?/m0/s1. The molecule has 0 bridgehead atoms. The van der Waals surface area contributed by atoms with Crippen molar-refractivity contribution in [2.24, 2.45) is 5.73 Å². The number of ether oxygens (including phenoxy) is 4. The van der Waals surface area contributed by atoms with Crippen LogP contribution in [0.4, 0.5) is 0 Å². The fourth-order valence-electron chi connectivity index (χ4n) is 4.59. The van der Waals surface area contributed by atoms with E-state index >= 15 is 0 Å². The number of β-lactam (4-membered cyclic amide) rings is 1. The monoisotopic (exact) mass is 560 g/mol. The van der Waals surface area contributed by atoms with Crippen LogP contribution in [0.15, 0.2) is 96.2 Å². The van der Waals surface area contributed by atoms with Gasteiger partial charge in [0.2, 0.25) is 5.72 Å². The van der Waals surface area contributed by atoms with Crippen LogP contribution in [0.3, 0.4) is 0 Å². The van der Waals surface area contributed by atoms with Gasteiger partial charge >= 0.3 is 11.9 Å². The summed E-state index contributed by atoms with van der Waals surface area (Å²) in [4.78, 5) is 41.5. The zero-order chi connectivity index (χ0) is 28.3. The topological polar surface area (TPSA) is 117 Å². The molecule has 0 spiro atoms. The van der Waals surface area contributed by atoms with Gasteiger partial charge in [0.05, 0.1) is 12.7 Å². The van der Waals surface area contributed by atoms with E-state index in [4.69, 9.17) is 24.7 Å². The van der Waals surface area contributed by atoms with E-state index in [0.717, 1.165) is 11.1 Å². The predicted molar refractivity (Wildman–Crippen MR) is 148 cm³/mol. The van der Waals surface area contributed by atoms with E-state index in [-0.39, 0.29) is 23.6 Å². The van der Waals surface area contributed by atoms with Crippen molar-refractivity contribution in [2.45, 2.75) is 23.8 Å². The van der Waals surface area contributed by atoms with Crippen LogP contribution in [0.5, 0.6) is 5.75 Å². The van der Waals surface area contributed by atoms with Gasteiger partial charge in [0.15, 0.2) is 6.10 Å². The average molecular weight is 561 g/mol. The molecule has 3 aromatic carbocycles. The molecule has 2 heterocycles. The molecule has 1 amide bonds. The van der Waals surface area contributed by atoms with Crippen LogP contribution in [-0.2, 0) is 35.2 Å². The second kappa shape index (κ2) is 11.5. The number of benzene rings is 3. The fraction of sp³-hybridized carbons (Fsp3) is 0.233. The Kier molecular flexibility index (Phi) is 7.92. The van der Waals surface area contributed by atoms with Crippen molar-refractivity contribution in [2.75, 3.05) is 20.0 Å². The molecular formula is C30H28N2O7S. The number of fused-ring (bicyclic) bond motifs is 1. The molecule has 2 N–H and O–H groups in total. The van der Waals surface area contributed by atoms with Crippen LogP contribution in [0.2, 0.25) is 0 Å². The maximum Gasteiger partial charge on any atom is 0.356 e. The fourth-order valence-corrected chi connectivity index (χ4v) is 5.96. The Morgan fingerprint density at radius 2 is 1.55 bits per heavy atom. The van der Waals surface area contributed by atoms with Crippen LogP contribution in [0.1, 0.15) is 22.8 Å². The summed E-state index contributed by atoms with van der Waals surface area (Å²) in [5.41, 5.74) is 6.61. The molecule has 1 saturated heterocycles. The van der Waals surface area contributed by atoms with E-state index in [1.165, 1.54) is 23.8 Å². The van der Waals surface area contributed by atoms with Crippen LogP contribution in [0.25, 0.3) is 0 Å².